The van der Waals surface area contributed by atoms with Crippen LogP contribution in [0.5, 0.6) is 28.7 Å². The van der Waals surface area contributed by atoms with Gasteiger partial charge in [-0.1, -0.05) is 0 Å². The Balaban J connectivity index is 1.79. The van der Waals surface area contributed by atoms with Gasteiger partial charge in [0.1, 0.15) is 5.39 Å². The number of ether oxygens (including phenoxy) is 5. The summed E-state index contributed by atoms with van der Waals surface area (Å²) in [6.45, 7) is 5.04. The molecular weight excluding hydrogens is 426 g/mol. The fourth-order valence-corrected chi connectivity index (χ4v) is 4.12. The summed E-state index contributed by atoms with van der Waals surface area (Å²) in [6, 6.07) is 5.68. The summed E-state index contributed by atoms with van der Waals surface area (Å²) in [4.78, 5) is 22.9. The topological polar surface area (TPSA) is 95.1 Å². The molecule has 176 valence electrons. The van der Waals surface area contributed by atoms with Gasteiger partial charge in [-0.3, -0.25) is 9.78 Å². The number of aromatic amines is 1. The van der Waals surface area contributed by atoms with E-state index in [2.05, 4.69) is 4.98 Å². The summed E-state index contributed by atoms with van der Waals surface area (Å²) in [7, 11) is 6.30. The van der Waals surface area contributed by atoms with Crippen molar-refractivity contribution in [3.63, 3.8) is 0 Å². The van der Waals surface area contributed by atoms with E-state index in [1.165, 1.54) is 12.7 Å². The number of methoxy groups -OCH3 is 4. The number of aromatic nitrogens is 2. The lowest BCUT2D eigenvalue weighted by Crippen LogP contribution is -2.33. The fraction of sp³-hybridized carbons (Fsp3) is 0.417. The second-order valence-corrected chi connectivity index (χ2v) is 8.04. The molecule has 33 heavy (non-hydrogen) atoms. The minimum absolute atomic E-state index is 0.168. The summed E-state index contributed by atoms with van der Waals surface area (Å²) in [6.07, 6.45) is 0.615. The molecule has 3 aromatic rings. The van der Waals surface area contributed by atoms with Gasteiger partial charge in [0.2, 0.25) is 11.7 Å². The van der Waals surface area contributed by atoms with Crippen LogP contribution in [0, 0.1) is 0 Å². The molecule has 0 bridgehead atoms. The van der Waals surface area contributed by atoms with Gasteiger partial charge in [-0.05, 0) is 43.5 Å². The zero-order valence-corrected chi connectivity index (χ0v) is 19.8. The predicted octanol–water partition coefficient (Wildman–Crippen LogP) is 3.31. The normalized spacial score (nSPS) is 13.1. The smallest absolute Gasteiger partial charge is 0.264 e. The molecule has 0 saturated carbocycles. The third-order valence-electron chi connectivity index (χ3n) is 5.65. The van der Waals surface area contributed by atoms with Crippen LogP contribution in [0.3, 0.4) is 0 Å². The monoisotopic (exact) mass is 455 g/mol. The minimum Gasteiger partial charge on any atom is -0.493 e. The van der Waals surface area contributed by atoms with E-state index in [9.17, 15) is 4.79 Å². The summed E-state index contributed by atoms with van der Waals surface area (Å²) < 4.78 is 27.8. The van der Waals surface area contributed by atoms with Crippen molar-refractivity contribution in [1.82, 2.24) is 9.97 Å². The molecule has 0 radical (unpaired) electrons. The molecular formula is C24H29N3O6. The summed E-state index contributed by atoms with van der Waals surface area (Å²) in [5.41, 5.74) is 2.45. The van der Waals surface area contributed by atoms with E-state index in [0.29, 0.717) is 58.7 Å². The number of nitrogens with one attached hydrogen (secondary N) is 1. The van der Waals surface area contributed by atoms with E-state index >= 15 is 0 Å². The average molecular weight is 456 g/mol. The summed E-state index contributed by atoms with van der Waals surface area (Å²) >= 11 is 0. The van der Waals surface area contributed by atoms with Crippen LogP contribution in [0.1, 0.15) is 25.0 Å². The maximum Gasteiger partial charge on any atom is 0.264 e. The Hall–Kier alpha value is -3.62. The Morgan fingerprint density at radius 2 is 1.58 bits per heavy atom. The van der Waals surface area contributed by atoms with Crippen molar-refractivity contribution in [1.29, 1.82) is 0 Å². The number of fused-ring (bicyclic) bond motifs is 2. The second-order valence-electron chi connectivity index (χ2n) is 8.04. The van der Waals surface area contributed by atoms with Crippen molar-refractivity contribution in [2.45, 2.75) is 32.9 Å². The predicted molar refractivity (Wildman–Crippen MR) is 126 cm³/mol. The Morgan fingerprint density at radius 1 is 0.909 bits per heavy atom. The van der Waals surface area contributed by atoms with Crippen LogP contribution in [0.2, 0.25) is 0 Å². The van der Waals surface area contributed by atoms with Gasteiger partial charge < -0.3 is 28.6 Å². The molecule has 0 atom stereocenters. The molecule has 4 rings (SSSR count). The lowest BCUT2D eigenvalue weighted by Gasteiger charge is -2.30. The first-order valence-corrected chi connectivity index (χ1v) is 10.7. The number of hydrogen-bond donors (Lipinski definition) is 1. The first-order chi connectivity index (χ1) is 15.9. The molecule has 9 heteroatoms. The van der Waals surface area contributed by atoms with Crippen LogP contribution in [0.4, 0.5) is 5.95 Å². The fourth-order valence-electron chi connectivity index (χ4n) is 4.12. The SMILES string of the molecule is COc1cc2c(cc1OC)CN(c1nc3cc(OC)c(OC)c(OC(C)C)c3c(=O)[nH]1)CC2. The van der Waals surface area contributed by atoms with Gasteiger partial charge in [-0.2, -0.15) is 0 Å². The van der Waals surface area contributed by atoms with E-state index in [4.69, 9.17) is 28.7 Å². The van der Waals surface area contributed by atoms with E-state index < -0.39 is 0 Å². The highest BCUT2D eigenvalue weighted by Gasteiger charge is 2.25. The summed E-state index contributed by atoms with van der Waals surface area (Å²) in [5, 5.41) is 0.328. The van der Waals surface area contributed by atoms with Gasteiger partial charge in [0.05, 0.1) is 40.1 Å². The first kappa shape index (κ1) is 22.6. The highest BCUT2D eigenvalue weighted by atomic mass is 16.5. The van der Waals surface area contributed by atoms with Crippen LogP contribution in [0.25, 0.3) is 10.9 Å². The van der Waals surface area contributed by atoms with Gasteiger partial charge >= 0.3 is 0 Å². The second kappa shape index (κ2) is 9.09. The lowest BCUT2D eigenvalue weighted by atomic mass is 9.99. The van der Waals surface area contributed by atoms with E-state index in [-0.39, 0.29) is 11.7 Å². The van der Waals surface area contributed by atoms with Gasteiger partial charge in [0.15, 0.2) is 23.0 Å². The molecule has 2 heterocycles. The van der Waals surface area contributed by atoms with Crippen LogP contribution < -0.4 is 34.1 Å². The van der Waals surface area contributed by atoms with Crippen molar-refractivity contribution in [2.24, 2.45) is 0 Å². The van der Waals surface area contributed by atoms with E-state index in [1.54, 1.807) is 27.4 Å². The number of H-pyrrole nitrogens is 1. The Kier molecular flexibility index (Phi) is 6.22. The van der Waals surface area contributed by atoms with Crippen molar-refractivity contribution in [2.75, 3.05) is 39.9 Å². The molecule has 1 aliphatic rings. The highest BCUT2D eigenvalue weighted by molar-refractivity contribution is 5.90. The maximum atomic E-state index is 13.2. The molecule has 0 aliphatic carbocycles. The molecule has 1 aliphatic heterocycles. The van der Waals surface area contributed by atoms with Gasteiger partial charge in [-0.15, -0.1) is 0 Å². The molecule has 1 aromatic heterocycles. The number of rotatable bonds is 7. The van der Waals surface area contributed by atoms with Gasteiger partial charge in [0.25, 0.3) is 5.56 Å². The first-order valence-electron chi connectivity index (χ1n) is 10.7. The molecule has 0 unspecified atom stereocenters. The minimum atomic E-state index is -0.301. The lowest BCUT2D eigenvalue weighted by molar-refractivity contribution is 0.229. The Bertz CT molecular complexity index is 1240. The third-order valence-corrected chi connectivity index (χ3v) is 5.65. The van der Waals surface area contributed by atoms with E-state index in [1.807, 2.05) is 30.9 Å². The molecule has 9 nitrogen and oxygen atoms in total. The van der Waals surface area contributed by atoms with Crippen LogP contribution >= 0.6 is 0 Å². The van der Waals surface area contributed by atoms with Crippen LogP contribution in [-0.2, 0) is 13.0 Å². The Labute approximate surface area is 192 Å². The number of nitrogens with zero attached hydrogens (tertiary/aromatic N) is 2. The number of hydrogen-bond acceptors (Lipinski definition) is 8. The van der Waals surface area contributed by atoms with E-state index in [0.717, 1.165) is 12.0 Å². The quantitative estimate of drug-likeness (QED) is 0.580. The van der Waals surface area contributed by atoms with Crippen LogP contribution in [0.15, 0.2) is 23.0 Å². The Morgan fingerprint density at radius 3 is 2.18 bits per heavy atom. The largest absolute Gasteiger partial charge is 0.493 e. The molecule has 1 N–H and O–H groups in total. The van der Waals surface area contributed by atoms with Crippen molar-refractivity contribution in [3.05, 3.63) is 39.7 Å². The van der Waals surface area contributed by atoms with Crippen molar-refractivity contribution < 1.29 is 23.7 Å². The number of benzene rings is 2. The van der Waals surface area contributed by atoms with Crippen LogP contribution in [-0.4, -0.2) is 51.1 Å². The molecule has 0 spiro atoms. The molecule has 0 saturated heterocycles. The molecule has 2 aromatic carbocycles. The third kappa shape index (κ3) is 4.10. The molecule has 0 amide bonds. The van der Waals surface area contributed by atoms with Gasteiger partial charge in [-0.25, -0.2) is 4.98 Å². The molecule has 0 fully saturated rings. The zero-order chi connectivity index (χ0) is 23.7. The average Bonchev–Trinajstić information content (AvgIpc) is 2.81. The number of anilines is 1. The summed E-state index contributed by atoms with van der Waals surface area (Å²) in [5.74, 6) is 3.00. The van der Waals surface area contributed by atoms with Crippen molar-refractivity contribution in [3.8, 4) is 28.7 Å². The maximum absolute atomic E-state index is 13.2. The van der Waals surface area contributed by atoms with Crippen molar-refractivity contribution >= 4 is 16.9 Å². The van der Waals surface area contributed by atoms with Gasteiger partial charge in [0, 0.05) is 19.2 Å². The zero-order valence-electron chi connectivity index (χ0n) is 19.8. The standard InChI is InChI=1S/C24H29N3O6/c1-13(2)33-22-20-16(11-19(31-5)21(22)32-6)25-24(26-23(20)28)27-8-7-14-9-17(29-3)18(30-4)10-15(14)12-27/h9-11,13H,7-8,12H2,1-6H3,(H,25,26,28). The highest BCUT2D eigenvalue weighted by Crippen LogP contribution is 2.42.